The number of nitrogens with one attached hydrogen (secondary N) is 1. The van der Waals surface area contributed by atoms with E-state index in [9.17, 15) is 13.2 Å². The van der Waals surface area contributed by atoms with E-state index < -0.39 is 12.8 Å². The van der Waals surface area contributed by atoms with E-state index in [2.05, 4.69) is 26.1 Å². The van der Waals surface area contributed by atoms with Gasteiger partial charge in [0.1, 0.15) is 6.61 Å². The van der Waals surface area contributed by atoms with Gasteiger partial charge in [0.05, 0.1) is 6.10 Å². The van der Waals surface area contributed by atoms with Gasteiger partial charge in [-0.05, 0) is 31.2 Å². The van der Waals surface area contributed by atoms with Gasteiger partial charge in [-0.1, -0.05) is 27.2 Å². The summed E-state index contributed by atoms with van der Waals surface area (Å²) < 4.78 is 41.8. The number of hydrogen-bond acceptors (Lipinski definition) is 2. The quantitative estimate of drug-likeness (QED) is 0.823. The SMILES string of the molecule is CCCNC1C(OCC(F)(F)F)CCCC1(C)C. The summed E-state index contributed by atoms with van der Waals surface area (Å²) in [6.45, 7) is 5.93. The highest BCUT2D eigenvalue weighted by molar-refractivity contribution is 4.94. The molecule has 0 aromatic heterocycles. The van der Waals surface area contributed by atoms with Crippen LogP contribution in [0.3, 0.4) is 0 Å². The van der Waals surface area contributed by atoms with Gasteiger partial charge in [-0.15, -0.1) is 0 Å². The van der Waals surface area contributed by atoms with Gasteiger partial charge in [0.15, 0.2) is 0 Å². The normalized spacial score (nSPS) is 28.3. The molecule has 5 heteroatoms. The molecule has 1 aliphatic carbocycles. The topological polar surface area (TPSA) is 21.3 Å². The van der Waals surface area contributed by atoms with E-state index in [4.69, 9.17) is 4.74 Å². The first kappa shape index (κ1) is 15.8. The number of rotatable bonds is 5. The van der Waals surface area contributed by atoms with Crippen LogP contribution in [0.15, 0.2) is 0 Å². The molecule has 0 aromatic rings. The highest BCUT2D eigenvalue weighted by Crippen LogP contribution is 2.37. The van der Waals surface area contributed by atoms with Gasteiger partial charge in [-0.3, -0.25) is 0 Å². The van der Waals surface area contributed by atoms with Gasteiger partial charge in [-0.25, -0.2) is 0 Å². The molecule has 108 valence electrons. The van der Waals surface area contributed by atoms with E-state index in [-0.39, 0.29) is 17.6 Å². The van der Waals surface area contributed by atoms with Gasteiger partial charge < -0.3 is 10.1 Å². The number of hydrogen-bond donors (Lipinski definition) is 1. The Labute approximate surface area is 107 Å². The van der Waals surface area contributed by atoms with Crippen molar-refractivity contribution < 1.29 is 17.9 Å². The van der Waals surface area contributed by atoms with Crippen molar-refractivity contribution in [3.8, 4) is 0 Å². The zero-order chi connectivity index (χ0) is 13.8. The third kappa shape index (κ3) is 4.76. The summed E-state index contributed by atoms with van der Waals surface area (Å²) in [6, 6.07) is 0.00792. The minimum absolute atomic E-state index is 0.00792. The van der Waals surface area contributed by atoms with Crippen molar-refractivity contribution >= 4 is 0 Å². The average molecular weight is 267 g/mol. The Kier molecular flexibility index (Phi) is 5.46. The smallest absolute Gasteiger partial charge is 0.367 e. The van der Waals surface area contributed by atoms with Gasteiger partial charge in [-0.2, -0.15) is 13.2 Å². The molecule has 0 heterocycles. The van der Waals surface area contributed by atoms with Crippen LogP contribution in [0.5, 0.6) is 0 Å². The lowest BCUT2D eigenvalue weighted by Crippen LogP contribution is -2.54. The lowest BCUT2D eigenvalue weighted by Gasteiger charge is -2.44. The monoisotopic (exact) mass is 267 g/mol. The molecule has 2 unspecified atom stereocenters. The zero-order valence-corrected chi connectivity index (χ0v) is 11.4. The molecule has 1 N–H and O–H groups in total. The molecule has 1 fully saturated rings. The fourth-order valence-electron chi connectivity index (χ4n) is 2.67. The highest BCUT2D eigenvalue weighted by atomic mass is 19.4. The predicted octanol–water partition coefficient (Wildman–Crippen LogP) is 3.51. The molecule has 0 bridgehead atoms. The van der Waals surface area contributed by atoms with Crippen molar-refractivity contribution in [2.24, 2.45) is 5.41 Å². The van der Waals surface area contributed by atoms with Crippen molar-refractivity contribution in [2.75, 3.05) is 13.2 Å². The summed E-state index contributed by atoms with van der Waals surface area (Å²) in [5.41, 5.74) is -0.0102. The molecule has 2 atom stereocenters. The Hall–Kier alpha value is -0.290. The first-order valence-corrected chi connectivity index (χ1v) is 6.68. The first-order chi connectivity index (χ1) is 8.26. The molecule has 18 heavy (non-hydrogen) atoms. The minimum atomic E-state index is -4.24. The van der Waals surface area contributed by atoms with Crippen LogP contribution in [-0.2, 0) is 4.74 Å². The summed E-state index contributed by atoms with van der Waals surface area (Å²) in [7, 11) is 0. The molecule has 1 aliphatic rings. The molecular weight excluding hydrogens is 243 g/mol. The third-order valence-corrected chi connectivity index (χ3v) is 3.60. The number of halogens is 3. The Bertz CT molecular complexity index is 253. The largest absolute Gasteiger partial charge is 0.411 e. The van der Waals surface area contributed by atoms with E-state index in [1.807, 2.05) is 0 Å². The Morgan fingerprint density at radius 1 is 1.33 bits per heavy atom. The standard InChI is InChI=1S/C13H24F3NO/c1-4-8-17-11-10(18-9-13(14,15)16)6-5-7-12(11,2)3/h10-11,17H,4-9H2,1-3H3. The summed E-state index contributed by atoms with van der Waals surface area (Å²) in [5, 5.41) is 3.36. The summed E-state index contributed by atoms with van der Waals surface area (Å²) in [6.07, 6.45) is -0.932. The lowest BCUT2D eigenvalue weighted by molar-refractivity contribution is -0.195. The minimum Gasteiger partial charge on any atom is -0.367 e. The number of ether oxygens (including phenoxy) is 1. The molecule has 0 aliphatic heterocycles. The van der Waals surface area contributed by atoms with Crippen LogP contribution in [0.1, 0.15) is 46.5 Å². The molecule has 0 saturated heterocycles. The van der Waals surface area contributed by atoms with Crippen molar-refractivity contribution in [2.45, 2.75) is 64.8 Å². The van der Waals surface area contributed by atoms with Gasteiger partial charge >= 0.3 is 6.18 Å². The lowest BCUT2D eigenvalue weighted by atomic mass is 9.71. The highest BCUT2D eigenvalue weighted by Gasteiger charge is 2.41. The van der Waals surface area contributed by atoms with Gasteiger partial charge in [0, 0.05) is 6.04 Å². The molecule has 1 rings (SSSR count). The van der Waals surface area contributed by atoms with Crippen molar-refractivity contribution in [3.63, 3.8) is 0 Å². The summed E-state index contributed by atoms with van der Waals surface area (Å²) in [5.74, 6) is 0. The summed E-state index contributed by atoms with van der Waals surface area (Å²) >= 11 is 0. The third-order valence-electron chi connectivity index (χ3n) is 3.60. The predicted molar refractivity (Wildman–Crippen MR) is 65.5 cm³/mol. The van der Waals surface area contributed by atoms with Crippen molar-refractivity contribution in [1.82, 2.24) is 5.32 Å². The van der Waals surface area contributed by atoms with Crippen LogP contribution in [0.2, 0.25) is 0 Å². The molecule has 2 nitrogen and oxygen atoms in total. The molecule has 0 radical (unpaired) electrons. The van der Waals surface area contributed by atoms with E-state index in [0.29, 0.717) is 6.42 Å². The zero-order valence-electron chi connectivity index (χ0n) is 11.4. The van der Waals surface area contributed by atoms with Crippen LogP contribution < -0.4 is 5.32 Å². The second-order valence-corrected chi connectivity index (χ2v) is 5.78. The van der Waals surface area contributed by atoms with Crippen LogP contribution in [0, 0.1) is 5.41 Å². The van der Waals surface area contributed by atoms with E-state index in [1.54, 1.807) is 0 Å². The Morgan fingerprint density at radius 3 is 2.56 bits per heavy atom. The second kappa shape index (κ2) is 6.24. The average Bonchev–Trinajstić information content (AvgIpc) is 2.23. The Balaban J connectivity index is 2.61. The van der Waals surface area contributed by atoms with Crippen LogP contribution >= 0.6 is 0 Å². The first-order valence-electron chi connectivity index (χ1n) is 6.68. The fraction of sp³-hybridized carbons (Fsp3) is 1.00. The second-order valence-electron chi connectivity index (χ2n) is 5.78. The maximum atomic E-state index is 12.2. The van der Waals surface area contributed by atoms with Crippen LogP contribution in [0.4, 0.5) is 13.2 Å². The summed E-state index contributed by atoms with van der Waals surface area (Å²) in [4.78, 5) is 0. The maximum Gasteiger partial charge on any atom is 0.411 e. The van der Waals surface area contributed by atoms with E-state index >= 15 is 0 Å². The molecule has 0 spiro atoms. The molecule has 1 saturated carbocycles. The van der Waals surface area contributed by atoms with E-state index in [0.717, 1.165) is 25.8 Å². The molecular formula is C13H24F3NO. The van der Waals surface area contributed by atoms with Gasteiger partial charge in [0.2, 0.25) is 0 Å². The molecule has 0 amide bonds. The van der Waals surface area contributed by atoms with Crippen molar-refractivity contribution in [1.29, 1.82) is 0 Å². The Morgan fingerprint density at radius 2 is 2.00 bits per heavy atom. The van der Waals surface area contributed by atoms with E-state index in [1.165, 1.54) is 0 Å². The maximum absolute atomic E-state index is 12.2. The fourth-order valence-corrected chi connectivity index (χ4v) is 2.67. The number of alkyl halides is 3. The van der Waals surface area contributed by atoms with Crippen molar-refractivity contribution in [3.05, 3.63) is 0 Å². The van der Waals surface area contributed by atoms with Gasteiger partial charge in [0.25, 0.3) is 0 Å². The van der Waals surface area contributed by atoms with Crippen LogP contribution in [-0.4, -0.2) is 31.5 Å². The molecule has 0 aromatic carbocycles. The van der Waals surface area contributed by atoms with Crippen LogP contribution in [0.25, 0.3) is 0 Å².